The molecule has 0 unspecified atom stereocenters. The van der Waals surface area contributed by atoms with E-state index in [1.165, 1.54) is 37.6 Å². The molecule has 1 aromatic carbocycles. The minimum atomic E-state index is -4.00. The Hall–Kier alpha value is -3.34. The molecule has 3 aromatic rings. The number of aromatic nitrogens is 3. The standard InChI is InChI=1S/C23H27FN5O6P/c1-35-22-21-16(11-19(27-22)28-8-5-15(6-9-28)7-10-36(32,33)34)13-25-29(23(21)31)14-20(30)26-18-4-2-3-17(24)12-18/h2-4,11-13,15H,5-10,14H2,1H3,(H,26,30)(H2,32,33,34). The van der Waals surface area contributed by atoms with Crippen LogP contribution in [0.4, 0.5) is 15.9 Å². The van der Waals surface area contributed by atoms with Gasteiger partial charge in [0.25, 0.3) is 5.56 Å². The summed E-state index contributed by atoms with van der Waals surface area (Å²) in [6.45, 7) is 0.925. The number of benzene rings is 1. The summed E-state index contributed by atoms with van der Waals surface area (Å²) in [5.74, 6) is -0.0949. The summed E-state index contributed by atoms with van der Waals surface area (Å²) in [5, 5.41) is 7.35. The van der Waals surface area contributed by atoms with E-state index < -0.39 is 24.9 Å². The third-order valence-electron chi connectivity index (χ3n) is 6.15. The van der Waals surface area contributed by atoms with Crippen LogP contribution >= 0.6 is 7.60 Å². The molecular formula is C23H27FN5O6P. The van der Waals surface area contributed by atoms with Gasteiger partial charge in [-0.1, -0.05) is 6.07 Å². The van der Waals surface area contributed by atoms with Gasteiger partial charge in [-0.25, -0.2) is 9.07 Å². The maximum Gasteiger partial charge on any atom is 0.325 e. The van der Waals surface area contributed by atoms with Crippen LogP contribution in [-0.4, -0.2) is 56.8 Å². The monoisotopic (exact) mass is 519 g/mol. The highest BCUT2D eigenvalue weighted by Gasteiger charge is 2.24. The van der Waals surface area contributed by atoms with Crippen molar-refractivity contribution >= 4 is 35.8 Å². The highest BCUT2D eigenvalue weighted by Crippen LogP contribution is 2.38. The topological polar surface area (TPSA) is 147 Å². The summed E-state index contributed by atoms with van der Waals surface area (Å²) in [5.41, 5.74) is -0.280. The maximum absolute atomic E-state index is 13.4. The Morgan fingerprint density at radius 1 is 1.28 bits per heavy atom. The Labute approximate surface area is 206 Å². The summed E-state index contributed by atoms with van der Waals surface area (Å²) in [4.78, 5) is 50.3. The molecule has 1 fully saturated rings. The number of nitrogens with one attached hydrogen (secondary N) is 1. The molecule has 1 aliphatic rings. The first-order valence-electron chi connectivity index (χ1n) is 11.4. The van der Waals surface area contributed by atoms with Crippen molar-refractivity contribution in [1.29, 1.82) is 0 Å². The molecule has 3 heterocycles. The summed E-state index contributed by atoms with van der Waals surface area (Å²) in [6, 6.07) is 7.16. The number of nitrogens with zero attached hydrogens (tertiary/aromatic N) is 4. The number of piperidine rings is 1. The van der Waals surface area contributed by atoms with Crippen LogP contribution in [0.5, 0.6) is 5.88 Å². The molecular weight excluding hydrogens is 492 g/mol. The molecule has 11 nitrogen and oxygen atoms in total. The fourth-order valence-corrected chi connectivity index (χ4v) is 4.99. The molecule has 0 radical (unpaired) electrons. The number of halogens is 1. The van der Waals surface area contributed by atoms with Gasteiger partial charge in [0.2, 0.25) is 11.8 Å². The molecule has 0 spiro atoms. The number of hydrogen-bond donors (Lipinski definition) is 3. The molecule has 2 aromatic heterocycles. The minimum absolute atomic E-state index is 0.109. The third kappa shape index (κ3) is 6.26. The van der Waals surface area contributed by atoms with E-state index >= 15 is 0 Å². The predicted octanol–water partition coefficient (Wildman–Crippen LogP) is 2.36. The quantitative estimate of drug-likeness (QED) is 0.382. The second kappa shape index (κ2) is 10.7. The number of amides is 1. The average Bonchev–Trinajstić information content (AvgIpc) is 2.83. The van der Waals surface area contributed by atoms with Gasteiger partial charge in [0.05, 0.1) is 19.5 Å². The zero-order valence-corrected chi connectivity index (χ0v) is 20.5. The van der Waals surface area contributed by atoms with Crippen molar-refractivity contribution in [3.8, 4) is 5.88 Å². The minimum Gasteiger partial charge on any atom is -0.480 e. The number of carbonyl (C=O) groups excluding carboxylic acids is 1. The van der Waals surface area contributed by atoms with Gasteiger partial charge >= 0.3 is 7.60 Å². The highest BCUT2D eigenvalue weighted by molar-refractivity contribution is 7.51. The number of methoxy groups -OCH3 is 1. The maximum atomic E-state index is 13.4. The van der Waals surface area contributed by atoms with Crippen LogP contribution in [0.25, 0.3) is 10.8 Å². The Balaban J connectivity index is 1.50. The highest BCUT2D eigenvalue weighted by atomic mass is 31.2. The third-order valence-corrected chi connectivity index (χ3v) is 6.99. The smallest absolute Gasteiger partial charge is 0.325 e. The van der Waals surface area contributed by atoms with E-state index in [1.807, 2.05) is 4.90 Å². The number of carbonyl (C=O) groups is 1. The summed E-state index contributed by atoms with van der Waals surface area (Å²) in [6.07, 6.45) is 3.36. The van der Waals surface area contributed by atoms with Gasteiger partial charge in [-0.05, 0) is 49.4 Å². The van der Waals surface area contributed by atoms with Gasteiger partial charge in [-0.3, -0.25) is 14.2 Å². The van der Waals surface area contributed by atoms with Gasteiger partial charge in [-0.2, -0.15) is 10.1 Å². The van der Waals surface area contributed by atoms with Crippen molar-refractivity contribution < 1.29 is 28.3 Å². The second-order valence-electron chi connectivity index (χ2n) is 8.73. The molecule has 192 valence electrons. The second-order valence-corrected chi connectivity index (χ2v) is 10.5. The van der Waals surface area contributed by atoms with E-state index in [-0.39, 0.29) is 35.6 Å². The van der Waals surface area contributed by atoms with Crippen LogP contribution in [0.3, 0.4) is 0 Å². The number of pyridine rings is 1. The molecule has 0 saturated carbocycles. The Kier molecular flexibility index (Phi) is 7.67. The van der Waals surface area contributed by atoms with Gasteiger partial charge in [-0.15, -0.1) is 0 Å². The van der Waals surface area contributed by atoms with Crippen LogP contribution in [0.2, 0.25) is 0 Å². The van der Waals surface area contributed by atoms with Crippen molar-refractivity contribution in [2.24, 2.45) is 5.92 Å². The first-order valence-corrected chi connectivity index (χ1v) is 13.2. The molecule has 1 aliphatic heterocycles. The van der Waals surface area contributed by atoms with Crippen LogP contribution in [0.1, 0.15) is 19.3 Å². The normalized spacial score (nSPS) is 14.7. The molecule has 3 N–H and O–H groups in total. The van der Waals surface area contributed by atoms with Gasteiger partial charge in [0, 0.05) is 24.2 Å². The predicted molar refractivity (Wildman–Crippen MR) is 132 cm³/mol. The van der Waals surface area contributed by atoms with Crippen LogP contribution < -0.4 is 20.5 Å². The van der Waals surface area contributed by atoms with E-state index in [9.17, 15) is 18.5 Å². The van der Waals surface area contributed by atoms with Crippen LogP contribution in [0.15, 0.2) is 41.3 Å². The van der Waals surface area contributed by atoms with E-state index in [4.69, 9.17) is 14.5 Å². The van der Waals surface area contributed by atoms with Crippen molar-refractivity contribution in [3.63, 3.8) is 0 Å². The van der Waals surface area contributed by atoms with E-state index in [0.717, 1.165) is 17.5 Å². The molecule has 0 bridgehead atoms. The molecule has 0 aliphatic carbocycles. The summed E-state index contributed by atoms with van der Waals surface area (Å²) in [7, 11) is -2.60. The van der Waals surface area contributed by atoms with Gasteiger partial charge < -0.3 is 24.7 Å². The van der Waals surface area contributed by atoms with Gasteiger partial charge in [0.15, 0.2) is 0 Å². The number of fused-ring (bicyclic) bond motifs is 1. The lowest BCUT2D eigenvalue weighted by atomic mass is 9.94. The van der Waals surface area contributed by atoms with E-state index in [0.29, 0.717) is 30.7 Å². The van der Waals surface area contributed by atoms with E-state index in [1.54, 1.807) is 6.07 Å². The fraction of sp³-hybridized carbons (Fsp3) is 0.391. The molecule has 1 amide bonds. The number of ether oxygens (including phenoxy) is 1. The van der Waals surface area contributed by atoms with Crippen molar-refractivity contribution in [2.75, 3.05) is 36.6 Å². The van der Waals surface area contributed by atoms with Crippen molar-refractivity contribution in [3.05, 3.63) is 52.7 Å². The fourth-order valence-electron chi connectivity index (χ4n) is 4.28. The average molecular weight is 519 g/mol. The van der Waals surface area contributed by atoms with Crippen molar-refractivity contribution in [1.82, 2.24) is 14.8 Å². The van der Waals surface area contributed by atoms with Crippen LogP contribution in [-0.2, 0) is 15.9 Å². The zero-order valence-electron chi connectivity index (χ0n) is 19.6. The van der Waals surface area contributed by atoms with E-state index in [2.05, 4.69) is 15.4 Å². The Bertz CT molecular complexity index is 1370. The SMILES string of the molecule is COc1nc(N2CCC(CCP(=O)(O)O)CC2)cc2cnn(CC(=O)Nc3cccc(F)c3)c(=O)c12. The lowest BCUT2D eigenvalue weighted by Gasteiger charge is -2.33. The molecule has 4 rings (SSSR count). The summed E-state index contributed by atoms with van der Waals surface area (Å²) >= 11 is 0. The summed E-state index contributed by atoms with van der Waals surface area (Å²) < 4.78 is 30.9. The molecule has 36 heavy (non-hydrogen) atoms. The zero-order chi connectivity index (χ0) is 25.9. The lowest BCUT2D eigenvalue weighted by molar-refractivity contribution is -0.117. The molecule has 1 saturated heterocycles. The Morgan fingerprint density at radius 2 is 2.03 bits per heavy atom. The number of anilines is 2. The first-order chi connectivity index (χ1) is 17.1. The van der Waals surface area contributed by atoms with Crippen LogP contribution in [0, 0.1) is 11.7 Å². The molecule has 13 heteroatoms. The first kappa shape index (κ1) is 25.7. The Morgan fingerprint density at radius 3 is 2.69 bits per heavy atom. The number of hydrogen-bond acceptors (Lipinski definition) is 7. The number of rotatable bonds is 8. The van der Waals surface area contributed by atoms with Gasteiger partial charge in [0.1, 0.15) is 23.6 Å². The molecule has 0 atom stereocenters. The largest absolute Gasteiger partial charge is 0.480 e. The van der Waals surface area contributed by atoms with Crippen molar-refractivity contribution in [2.45, 2.75) is 25.8 Å². The lowest BCUT2D eigenvalue weighted by Crippen LogP contribution is -2.35.